The zero-order valence-corrected chi connectivity index (χ0v) is 19.3. The highest BCUT2D eigenvalue weighted by Crippen LogP contribution is 2.32. The van der Waals surface area contributed by atoms with Crippen LogP contribution in [-0.2, 0) is 14.8 Å². The van der Waals surface area contributed by atoms with Crippen molar-refractivity contribution in [1.29, 1.82) is 0 Å². The van der Waals surface area contributed by atoms with E-state index in [9.17, 15) is 8.42 Å². The largest absolute Gasteiger partial charge is 0.380 e. The van der Waals surface area contributed by atoms with Crippen molar-refractivity contribution in [2.24, 2.45) is 0 Å². The number of nitrogens with zero attached hydrogens (tertiary/aromatic N) is 4. The molecule has 2 aliphatic heterocycles. The molecule has 2 saturated heterocycles. The van der Waals surface area contributed by atoms with Crippen molar-refractivity contribution in [3.8, 4) is 0 Å². The third-order valence-corrected chi connectivity index (χ3v) is 8.10. The van der Waals surface area contributed by atoms with Crippen molar-refractivity contribution in [2.45, 2.75) is 30.4 Å². The number of piperazine rings is 1. The fraction of sp³-hybridized carbons (Fsp3) is 0.435. The molecule has 0 bridgehead atoms. The second kappa shape index (κ2) is 8.38. The molecule has 0 amide bonds. The van der Waals surface area contributed by atoms with Gasteiger partial charge in [-0.05, 0) is 43.7 Å². The van der Waals surface area contributed by atoms with Gasteiger partial charge in [0.15, 0.2) is 0 Å². The molecule has 1 N–H and O–H groups in total. The first-order valence-corrected chi connectivity index (χ1v) is 12.5. The average molecular weight is 456 g/mol. The summed E-state index contributed by atoms with van der Waals surface area (Å²) in [6.07, 6.45) is 4.57. The van der Waals surface area contributed by atoms with E-state index in [-0.39, 0.29) is 11.0 Å². The molecule has 9 heteroatoms. The molecule has 0 aliphatic carbocycles. The van der Waals surface area contributed by atoms with Crippen LogP contribution < -0.4 is 15.1 Å². The minimum atomic E-state index is -3.79. The highest BCUT2D eigenvalue weighted by Gasteiger charge is 2.27. The molecule has 2 aromatic heterocycles. The predicted octanol–water partition coefficient (Wildman–Crippen LogP) is 2.30. The summed E-state index contributed by atoms with van der Waals surface area (Å²) in [5.74, 6) is 0. The Morgan fingerprint density at radius 3 is 2.78 bits per heavy atom. The van der Waals surface area contributed by atoms with Crippen LogP contribution in [0.5, 0.6) is 0 Å². The maximum absolute atomic E-state index is 13.8. The van der Waals surface area contributed by atoms with Crippen molar-refractivity contribution < 1.29 is 13.2 Å². The molecule has 0 saturated carbocycles. The molecule has 0 radical (unpaired) electrons. The molecule has 2 fully saturated rings. The molecule has 2 aliphatic rings. The fourth-order valence-electron chi connectivity index (χ4n) is 4.70. The van der Waals surface area contributed by atoms with Crippen molar-refractivity contribution in [1.82, 2.24) is 14.3 Å². The highest BCUT2D eigenvalue weighted by atomic mass is 32.2. The van der Waals surface area contributed by atoms with Gasteiger partial charge in [0, 0.05) is 64.0 Å². The number of rotatable bonds is 5. The Bertz CT molecular complexity index is 1230. The predicted molar refractivity (Wildman–Crippen MR) is 126 cm³/mol. The molecular weight excluding hydrogens is 426 g/mol. The number of nitrogens with one attached hydrogen (secondary N) is 1. The molecular formula is C23H29N5O3S. The smallest absolute Gasteiger partial charge is 0.268 e. The Labute approximate surface area is 188 Å². The first kappa shape index (κ1) is 21.2. The van der Waals surface area contributed by atoms with Crippen molar-refractivity contribution in [2.75, 3.05) is 49.6 Å². The van der Waals surface area contributed by atoms with Crippen LogP contribution in [0.2, 0.25) is 0 Å². The lowest BCUT2D eigenvalue weighted by molar-refractivity contribution is 0.121. The molecule has 3 aromatic rings. The molecule has 8 nitrogen and oxygen atoms in total. The quantitative estimate of drug-likeness (QED) is 0.632. The van der Waals surface area contributed by atoms with Crippen LogP contribution in [0.1, 0.15) is 13.3 Å². The number of pyridine rings is 1. The second-order valence-corrected chi connectivity index (χ2v) is 10.4. The maximum Gasteiger partial charge on any atom is 0.268 e. The molecule has 0 unspecified atom stereocenters. The normalized spacial score (nSPS) is 22.1. The van der Waals surface area contributed by atoms with Gasteiger partial charge in [0.05, 0.1) is 22.2 Å². The summed E-state index contributed by atoms with van der Waals surface area (Å²) in [5.41, 5.74) is 3.07. The molecule has 32 heavy (non-hydrogen) atoms. The zero-order valence-electron chi connectivity index (χ0n) is 18.4. The average Bonchev–Trinajstić information content (AvgIpc) is 3.45. The summed E-state index contributed by atoms with van der Waals surface area (Å²) in [4.78, 5) is 9.21. The zero-order chi connectivity index (χ0) is 22.3. The summed E-state index contributed by atoms with van der Waals surface area (Å²) in [6.45, 7) is 6.22. The summed E-state index contributed by atoms with van der Waals surface area (Å²) in [5, 5.41) is 3.43. The van der Waals surface area contributed by atoms with Gasteiger partial charge in [-0.1, -0.05) is 6.07 Å². The van der Waals surface area contributed by atoms with E-state index in [4.69, 9.17) is 4.74 Å². The van der Waals surface area contributed by atoms with Crippen LogP contribution in [0.25, 0.3) is 11.0 Å². The van der Waals surface area contributed by atoms with E-state index in [1.165, 1.54) is 3.97 Å². The first-order valence-electron chi connectivity index (χ1n) is 11.0. The fourth-order valence-corrected chi connectivity index (χ4v) is 6.10. The number of hydrogen-bond donors (Lipinski definition) is 1. The minimum absolute atomic E-state index is 0.179. The van der Waals surface area contributed by atoms with Gasteiger partial charge in [-0.15, -0.1) is 0 Å². The minimum Gasteiger partial charge on any atom is -0.380 e. The van der Waals surface area contributed by atoms with Gasteiger partial charge in [0.1, 0.15) is 5.52 Å². The summed E-state index contributed by atoms with van der Waals surface area (Å²) < 4.78 is 34.4. The van der Waals surface area contributed by atoms with Crippen LogP contribution in [0, 0.1) is 0 Å². The van der Waals surface area contributed by atoms with Crippen LogP contribution in [0.3, 0.4) is 0 Å². The van der Waals surface area contributed by atoms with E-state index in [2.05, 4.69) is 27.0 Å². The Kier molecular flexibility index (Phi) is 5.56. The Hall–Kier alpha value is -2.62. The SMILES string of the molecule is CO[C@@H]1CCN(c2cccc(S(=O)(=O)n3cc(N4CCN[C@@H](C)C4)c4ncccc43)c2)C1. The number of aromatic nitrogens is 2. The monoisotopic (exact) mass is 455 g/mol. The lowest BCUT2D eigenvalue weighted by atomic mass is 10.2. The molecule has 2 atom stereocenters. The third kappa shape index (κ3) is 3.74. The van der Waals surface area contributed by atoms with Crippen molar-refractivity contribution in [3.63, 3.8) is 0 Å². The second-order valence-electron chi connectivity index (χ2n) is 8.58. The van der Waals surface area contributed by atoms with Gasteiger partial charge in [-0.25, -0.2) is 12.4 Å². The van der Waals surface area contributed by atoms with E-state index >= 15 is 0 Å². The topological polar surface area (TPSA) is 79.7 Å². The van der Waals surface area contributed by atoms with Gasteiger partial charge in [-0.3, -0.25) is 4.98 Å². The van der Waals surface area contributed by atoms with Crippen LogP contribution in [-0.4, -0.2) is 69.4 Å². The van der Waals surface area contributed by atoms with Gasteiger partial charge < -0.3 is 19.9 Å². The lowest BCUT2D eigenvalue weighted by Gasteiger charge is -2.32. The Balaban J connectivity index is 1.55. The van der Waals surface area contributed by atoms with Gasteiger partial charge in [0.25, 0.3) is 10.0 Å². The number of methoxy groups -OCH3 is 1. The van der Waals surface area contributed by atoms with Gasteiger partial charge in [-0.2, -0.15) is 0 Å². The first-order chi connectivity index (χ1) is 15.5. The lowest BCUT2D eigenvalue weighted by Crippen LogP contribution is -2.49. The van der Waals surface area contributed by atoms with Crippen molar-refractivity contribution >= 4 is 32.4 Å². The number of anilines is 2. The van der Waals surface area contributed by atoms with E-state index < -0.39 is 10.0 Å². The highest BCUT2D eigenvalue weighted by molar-refractivity contribution is 7.90. The third-order valence-electron chi connectivity index (χ3n) is 6.43. The standard InChI is InChI=1S/C23H29N5O3S/c1-17-14-27(12-10-24-17)22-16-28(21-7-4-9-25-23(21)22)32(29,30)20-6-3-5-18(13-20)26-11-8-19(15-26)31-2/h3-7,9,13,16-17,19,24H,8,10-12,14-15H2,1-2H3/t17-,19+/m0/s1. The maximum atomic E-state index is 13.8. The van der Waals surface area contributed by atoms with Gasteiger partial charge in [0.2, 0.25) is 0 Å². The van der Waals surface area contributed by atoms with E-state index in [0.717, 1.165) is 50.5 Å². The van der Waals surface area contributed by atoms with E-state index in [1.807, 2.05) is 18.2 Å². The summed E-state index contributed by atoms with van der Waals surface area (Å²) >= 11 is 0. The number of fused-ring (bicyclic) bond motifs is 1. The molecule has 1 aromatic carbocycles. The van der Waals surface area contributed by atoms with E-state index in [0.29, 0.717) is 17.1 Å². The number of benzene rings is 1. The summed E-state index contributed by atoms with van der Waals surface area (Å²) in [7, 11) is -2.07. The Morgan fingerprint density at radius 1 is 1.12 bits per heavy atom. The molecule has 5 rings (SSSR count). The molecule has 0 spiro atoms. The van der Waals surface area contributed by atoms with Crippen LogP contribution in [0.15, 0.2) is 53.7 Å². The number of hydrogen-bond acceptors (Lipinski definition) is 7. The molecule has 170 valence electrons. The van der Waals surface area contributed by atoms with Crippen LogP contribution >= 0.6 is 0 Å². The van der Waals surface area contributed by atoms with Crippen LogP contribution in [0.4, 0.5) is 11.4 Å². The van der Waals surface area contributed by atoms with Crippen molar-refractivity contribution in [3.05, 3.63) is 48.8 Å². The van der Waals surface area contributed by atoms with Gasteiger partial charge >= 0.3 is 0 Å². The molecule has 4 heterocycles. The van der Waals surface area contributed by atoms with E-state index in [1.54, 1.807) is 37.7 Å². The summed E-state index contributed by atoms with van der Waals surface area (Å²) in [6, 6.07) is 11.1. The Morgan fingerprint density at radius 2 is 2.00 bits per heavy atom. The number of ether oxygens (including phenoxy) is 1.